The van der Waals surface area contributed by atoms with E-state index >= 15 is 0 Å². The molecule has 1 aromatic heterocycles. The molecule has 0 saturated heterocycles. The highest BCUT2D eigenvalue weighted by molar-refractivity contribution is 9.10. The molecule has 1 saturated carbocycles. The Kier molecular flexibility index (Phi) is 3.69. The number of carbonyl (C=O) groups excluding carboxylic acids is 1. The first-order valence-electron chi connectivity index (χ1n) is 5.77. The summed E-state index contributed by atoms with van der Waals surface area (Å²) in [6.07, 6.45) is 6.26. The Balaban J connectivity index is 2.03. The average molecular weight is 286 g/mol. The van der Waals surface area contributed by atoms with Crippen LogP contribution in [0.25, 0.3) is 0 Å². The Morgan fingerprint density at radius 3 is 3.00 bits per heavy atom. The second-order valence-electron chi connectivity index (χ2n) is 4.17. The minimum atomic E-state index is -0.203. The molecule has 4 heteroatoms. The van der Waals surface area contributed by atoms with Gasteiger partial charge >= 0.3 is 5.97 Å². The van der Waals surface area contributed by atoms with E-state index in [4.69, 9.17) is 4.74 Å². The average Bonchev–Trinajstić information content (AvgIpc) is 3.02. The highest BCUT2D eigenvalue weighted by Gasteiger charge is 2.28. The number of carbonyl (C=O) groups is 1. The van der Waals surface area contributed by atoms with Gasteiger partial charge in [0.15, 0.2) is 0 Å². The molecule has 1 aromatic rings. The molecule has 3 nitrogen and oxygen atoms in total. The maximum absolute atomic E-state index is 11.8. The van der Waals surface area contributed by atoms with Gasteiger partial charge in [0.25, 0.3) is 0 Å². The maximum atomic E-state index is 11.8. The molecular formula is C12H16BrNO2. The summed E-state index contributed by atoms with van der Waals surface area (Å²) >= 11 is 3.40. The standard InChI is InChI=1S/C12H16BrNO2/c1-2-3-6-16-12(15)11-7-9(13)8-14(11)10-4-5-10/h7-8,10H,2-6H2,1H3. The van der Waals surface area contributed by atoms with Crippen molar-refractivity contribution < 1.29 is 9.53 Å². The van der Waals surface area contributed by atoms with Crippen molar-refractivity contribution in [2.75, 3.05) is 6.61 Å². The summed E-state index contributed by atoms with van der Waals surface area (Å²) in [5, 5.41) is 0. The van der Waals surface area contributed by atoms with E-state index in [1.807, 2.05) is 16.8 Å². The molecule has 0 atom stereocenters. The van der Waals surface area contributed by atoms with Crippen LogP contribution in [0.4, 0.5) is 0 Å². The maximum Gasteiger partial charge on any atom is 0.354 e. The summed E-state index contributed by atoms with van der Waals surface area (Å²) in [6.45, 7) is 2.60. The topological polar surface area (TPSA) is 31.2 Å². The van der Waals surface area contributed by atoms with Crippen molar-refractivity contribution in [2.24, 2.45) is 0 Å². The van der Waals surface area contributed by atoms with Crippen LogP contribution >= 0.6 is 15.9 Å². The fourth-order valence-electron chi connectivity index (χ4n) is 1.65. The molecule has 0 unspecified atom stereocenters. The van der Waals surface area contributed by atoms with Gasteiger partial charge in [-0.25, -0.2) is 4.79 Å². The number of nitrogens with zero attached hydrogens (tertiary/aromatic N) is 1. The van der Waals surface area contributed by atoms with Crippen LogP contribution in [0.2, 0.25) is 0 Å². The Bertz CT molecular complexity index is 382. The lowest BCUT2D eigenvalue weighted by Crippen LogP contribution is -2.11. The van der Waals surface area contributed by atoms with Gasteiger partial charge in [0.05, 0.1) is 6.61 Å². The van der Waals surface area contributed by atoms with Gasteiger partial charge < -0.3 is 9.30 Å². The lowest BCUT2D eigenvalue weighted by molar-refractivity contribution is 0.0487. The first-order valence-corrected chi connectivity index (χ1v) is 6.56. The second-order valence-corrected chi connectivity index (χ2v) is 5.09. The van der Waals surface area contributed by atoms with Crippen molar-refractivity contribution in [3.63, 3.8) is 0 Å². The Labute approximate surface area is 104 Å². The van der Waals surface area contributed by atoms with Crippen molar-refractivity contribution in [1.82, 2.24) is 4.57 Å². The Hall–Kier alpha value is -0.770. The van der Waals surface area contributed by atoms with Crippen LogP contribution in [0.15, 0.2) is 16.7 Å². The number of hydrogen-bond donors (Lipinski definition) is 0. The van der Waals surface area contributed by atoms with E-state index in [1.54, 1.807) is 0 Å². The van der Waals surface area contributed by atoms with E-state index in [0.717, 1.165) is 30.2 Å². The molecule has 1 aliphatic rings. The summed E-state index contributed by atoms with van der Waals surface area (Å²) in [6, 6.07) is 2.34. The quantitative estimate of drug-likeness (QED) is 0.612. The first-order chi connectivity index (χ1) is 7.72. The lowest BCUT2D eigenvalue weighted by atomic mass is 10.3. The fraction of sp³-hybridized carbons (Fsp3) is 0.583. The molecule has 1 heterocycles. The van der Waals surface area contributed by atoms with Crippen molar-refractivity contribution in [2.45, 2.75) is 38.6 Å². The monoisotopic (exact) mass is 285 g/mol. The zero-order valence-electron chi connectivity index (χ0n) is 9.41. The van der Waals surface area contributed by atoms with Gasteiger partial charge in [-0.05, 0) is 41.3 Å². The molecule has 1 aliphatic carbocycles. The summed E-state index contributed by atoms with van der Waals surface area (Å²) < 4.78 is 8.19. The van der Waals surface area contributed by atoms with Crippen LogP contribution in [0.1, 0.15) is 49.1 Å². The van der Waals surface area contributed by atoms with E-state index in [0.29, 0.717) is 18.3 Å². The Morgan fingerprint density at radius 2 is 2.38 bits per heavy atom. The van der Waals surface area contributed by atoms with Gasteiger partial charge in [0.2, 0.25) is 0 Å². The molecule has 0 spiro atoms. The molecule has 0 aromatic carbocycles. The van der Waals surface area contributed by atoms with E-state index in [2.05, 4.69) is 22.9 Å². The largest absolute Gasteiger partial charge is 0.461 e. The van der Waals surface area contributed by atoms with E-state index < -0.39 is 0 Å². The van der Waals surface area contributed by atoms with Crippen LogP contribution in [-0.2, 0) is 4.74 Å². The minimum absolute atomic E-state index is 0.203. The molecule has 88 valence electrons. The SMILES string of the molecule is CCCCOC(=O)c1cc(Br)cn1C1CC1. The van der Waals surface area contributed by atoms with Gasteiger partial charge in [0.1, 0.15) is 5.69 Å². The molecule has 0 radical (unpaired) electrons. The van der Waals surface area contributed by atoms with Gasteiger partial charge in [-0.1, -0.05) is 13.3 Å². The number of halogens is 1. The van der Waals surface area contributed by atoms with Crippen molar-refractivity contribution in [3.8, 4) is 0 Å². The molecule has 0 bridgehead atoms. The molecule has 0 amide bonds. The highest BCUT2D eigenvalue weighted by atomic mass is 79.9. The fourth-order valence-corrected chi connectivity index (χ4v) is 2.08. The van der Waals surface area contributed by atoms with Gasteiger partial charge in [-0.3, -0.25) is 0 Å². The number of unbranched alkanes of at least 4 members (excludes halogenated alkanes) is 1. The van der Waals surface area contributed by atoms with Gasteiger partial charge in [-0.15, -0.1) is 0 Å². The molecule has 1 fully saturated rings. The van der Waals surface area contributed by atoms with Crippen LogP contribution in [0.3, 0.4) is 0 Å². The lowest BCUT2D eigenvalue weighted by Gasteiger charge is -2.07. The van der Waals surface area contributed by atoms with Crippen molar-refractivity contribution >= 4 is 21.9 Å². The van der Waals surface area contributed by atoms with Crippen LogP contribution in [0, 0.1) is 0 Å². The molecule has 16 heavy (non-hydrogen) atoms. The van der Waals surface area contributed by atoms with E-state index in [-0.39, 0.29) is 5.97 Å². The minimum Gasteiger partial charge on any atom is -0.461 e. The number of hydrogen-bond acceptors (Lipinski definition) is 2. The second kappa shape index (κ2) is 5.04. The summed E-state index contributed by atoms with van der Waals surface area (Å²) in [5.74, 6) is -0.203. The molecule has 2 rings (SSSR count). The third kappa shape index (κ3) is 2.67. The first kappa shape index (κ1) is 11.7. The van der Waals surface area contributed by atoms with Crippen LogP contribution in [0.5, 0.6) is 0 Å². The van der Waals surface area contributed by atoms with Crippen molar-refractivity contribution in [3.05, 3.63) is 22.4 Å². The summed E-state index contributed by atoms with van der Waals surface area (Å²) in [5.41, 5.74) is 0.672. The summed E-state index contributed by atoms with van der Waals surface area (Å²) in [7, 11) is 0. The molecular weight excluding hydrogens is 270 g/mol. The number of aromatic nitrogens is 1. The number of ether oxygens (including phenoxy) is 1. The third-order valence-corrected chi connectivity index (χ3v) is 3.13. The predicted molar refractivity (Wildman–Crippen MR) is 65.6 cm³/mol. The Morgan fingerprint density at radius 1 is 1.62 bits per heavy atom. The van der Waals surface area contributed by atoms with Gasteiger partial charge in [0, 0.05) is 16.7 Å². The summed E-state index contributed by atoms with van der Waals surface area (Å²) in [4.78, 5) is 11.8. The third-order valence-electron chi connectivity index (χ3n) is 2.70. The highest BCUT2D eigenvalue weighted by Crippen LogP contribution is 2.37. The predicted octanol–water partition coefficient (Wildman–Crippen LogP) is 3.54. The van der Waals surface area contributed by atoms with Gasteiger partial charge in [-0.2, -0.15) is 0 Å². The molecule has 0 N–H and O–H groups in total. The normalized spacial score (nSPS) is 15.1. The molecule has 0 aliphatic heterocycles. The smallest absolute Gasteiger partial charge is 0.354 e. The van der Waals surface area contributed by atoms with Crippen molar-refractivity contribution in [1.29, 1.82) is 0 Å². The van der Waals surface area contributed by atoms with Crippen LogP contribution < -0.4 is 0 Å². The zero-order valence-corrected chi connectivity index (χ0v) is 11.0. The number of rotatable bonds is 5. The van der Waals surface area contributed by atoms with Crippen LogP contribution in [-0.4, -0.2) is 17.1 Å². The van der Waals surface area contributed by atoms with E-state index in [9.17, 15) is 4.79 Å². The van der Waals surface area contributed by atoms with E-state index in [1.165, 1.54) is 0 Å². The zero-order chi connectivity index (χ0) is 11.5. The number of esters is 1.